The minimum absolute atomic E-state index is 0.213. The minimum atomic E-state index is 0.213. The van der Waals surface area contributed by atoms with Crippen LogP contribution in [-0.4, -0.2) is 47.3 Å². The number of aryl methyl sites for hydroxylation is 2. The highest BCUT2D eigenvalue weighted by molar-refractivity contribution is 7.11. The Kier molecular flexibility index (Phi) is 5.06. The molecule has 140 valence electrons. The van der Waals surface area contributed by atoms with Gasteiger partial charge in [-0.2, -0.15) is 0 Å². The van der Waals surface area contributed by atoms with Crippen molar-refractivity contribution in [2.45, 2.75) is 50.8 Å². The Bertz CT molecular complexity index is 766. The van der Waals surface area contributed by atoms with Gasteiger partial charge in [0.1, 0.15) is 18.0 Å². The summed E-state index contributed by atoms with van der Waals surface area (Å²) < 4.78 is 5.62. The summed E-state index contributed by atoms with van der Waals surface area (Å²) in [6.07, 6.45) is 6.21. The first-order chi connectivity index (χ1) is 12.6. The fourth-order valence-electron chi connectivity index (χ4n) is 4.05. The molecule has 7 nitrogen and oxygen atoms in total. The van der Waals surface area contributed by atoms with E-state index in [1.807, 2.05) is 17.4 Å². The molecule has 2 aromatic rings. The third-order valence-electron chi connectivity index (χ3n) is 5.33. The number of anilines is 2. The number of rotatable bonds is 5. The summed E-state index contributed by atoms with van der Waals surface area (Å²) in [5.41, 5.74) is 7.14. The summed E-state index contributed by atoms with van der Waals surface area (Å²) in [7, 11) is 1.78. The van der Waals surface area contributed by atoms with Gasteiger partial charge in [0.05, 0.1) is 16.8 Å². The maximum atomic E-state index is 5.85. The van der Waals surface area contributed by atoms with Gasteiger partial charge in [-0.1, -0.05) is 0 Å². The molecule has 2 aliphatic rings. The largest absolute Gasteiger partial charge is 0.384 e. The van der Waals surface area contributed by atoms with Crippen LogP contribution in [0.1, 0.15) is 40.9 Å². The van der Waals surface area contributed by atoms with E-state index < -0.39 is 0 Å². The highest BCUT2D eigenvalue weighted by Crippen LogP contribution is 2.34. The first-order valence-corrected chi connectivity index (χ1v) is 10.0. The molecule has 1 saturated heterocycles. The van der Waals surface area contributed by atoms with Crippen molar-refractivity contribution in [2.24, 2.45) is 0 Å². The molecule has 26 heavy (non-hydrogen) atoms. The van der Waals surface area contributed by atoms with Crippen molar-refractivity contribution in [2.75, 3.05) is 30.8 Å². The van der Waals surface area contributed by atoms with Gasteiger partial charge in [-0.25, -0.2) is 15.0 Å². The van der Waals surface area contributed by atoms with Crippen molar-refractivity contribution < 1.29 is 4.74 Å². The summed E-state index contributed by atoms with van der Waals surface area (Å²) in [6.45, 7) is 3.82. The fourth-order valence-corrected chi connectivity index (χ4v) is 5.14. The van der Waals surface area contributed by atoms with E-state index in [0.29, 0.717) is 17.9 Å². The molecule has 1 unspecified atom stereocenters. The second-order valence-corrected chi connectivity index (χ2v) is 8.33. The molecule has 1 aliphatic carbocycles. The van der Waals surface area contributed by atoms with E-state index >= 15 is 0 Å². The van der Waals surface area contributed by atoms with Gasteiger partial charge in [0, 0.05) is 43.2 Å². The Morgan fingerprint density at radius 2 is 2.31 bits per heavy atom. The van der Waals surface area contributed by atoms with Gasteiger partial charge in [-0.15, -0.1) is 11.3 Å². The zero-order valence-corrected chi connectivity index (χ0v) is 16.1. The Morgan fingerprint density at radius 3 is 3.12 bits per heavy atom. The molecular weight excluding hydrogens is 348 g/mol. The minimum Gasteiger partial charge on any atom is -0.384 e. The first kappa shape index (κ1) is 17.6. The number of fused-ring (bicyclic) bond motifs is 1. The highest BCUT2D eigenvalue weighted by Gasteiger charge is 2.34. The van der Waals surface area contributed by atoms with Crippen LogP contribution >= 0.6 is 11.3 Å². The molecule has 8 heteroatoms. The van der Waals surface area contributed by atoms with Crippen molar-refractivity contribution >= 4 is 23.0 Å². The standard InChI is InChI=1S/C18H26N6OS/c1-11-23-15-5-3-4-14(18(15)26-11)20-8-12-6-13(25-2)9-24(12)17-7-16(19)21-10-22-17/h7,10,12-14,20H,3-6,8-9H2,1-2H3,(H2,19,21,22)/t12-,13-,14?/m1/s1. The Balaban J connectivity index is 1.47. The molecule has 1 fully saturated rings. The second-order valence-electron chi connectivity index (χ2n) is 7.10. The lowest BCUT2D eigenvalue weighted by Crippen LogP contribution is -2.40. The van der Waals surface area contributed by atoms with E-state index in [0.717, 1.165) is 31.7 Å². The number of nitrogens with zero attached hydrogens (tertiary/aromatic N) is 4. The smallest absolute Gasteiger partial charge is 0.134 e. The van der Waals surface area contributed by atoms with Crippen LogP contribution in [0, 0.1) is 6.92 Å². The molecule has 4 rings (SSSR count). The molecule has 2 aromatic heterocycles. The van der Waals surface area contributed by atoms with Crippen LogP contribution in [0.15, 0.2) is 12.4 Å². The van der Waals surface area contributed by atoms with Gasteiger partial charge in [0.2, 0.25) is 0 Å². The topological polar surface area (TPSA) is 89.2 Å². The van der Waals surface area contributed by atoms with Crippen LogP contribution < -0.4 is 16.0 Å². The summed E-state index contributed by atoms with van der Waals surface area (Å²) >= 11 is 1.84. The lowest BCUT2D eigenvalue weighted by atomic mass is 9.97. The highest BCUT2D eigenvalue weighted by atomic mass is 32.1. The Morgan fingerprint density at radius 1 is 1.42 bits per heavy atom. The van der Waals surface area contributed by atoms with Gasteiger partial charge in [0.15, 0.2) is 0 Å². The van der Waals surface area contributed by atoms with E-state index in [1.165, 1.54) is 34.7 Å². The van der Waals surface area contributed by atoms with Crippen molar-refractivity contribution in [3.8, 4) is 0 Å². The van der Waals surface area contributed by atoms with Crippen molar-refractivity contribution in [1.29, 1.82) is 0 Å². The zero-order valence-electron chi connectivity index (χ0n) is 15.3. The summed E-state index contributed by atoms with van der Waals surface area (Å²) in [5.74, 6) is 1.38. The van der Waals surface area contributed by atoms with Crippen LogP contribution in [-0.2, 0) is 11.2 Å². The molecule has 3 N–H and O–H groups in total. The number of methoxy groups -OCH3 is 1. The summed E-state index contributed by atoms with van der Waals surface area (Å²) in [6, 6.07) is 2.58. The molecule has 0 aromatic carbocycles. The predicted octanol–water partition coefficient (Wildman–Crippen LogP) is 2.08. The van der Waals surface area contributed by atoms with Crippen LogP contribution in [0.4, 0.5) is 11.6 Å². The average molecular weight is 375 g/mol. The molecule has 0 bridgehead atoms. The molecule has 1 aliphatic heterocycles. The second kappa shape index (κ2) is 7.46. The number of nitrogen functional groups attached to an aromatic ring is 1. The SMILES string of the molecule is CO[C@@H]1C[C@H](CNC2CCCc3nc(C)sc32)N(c2cc(N)ncn2)C1. The van der Waals surface area contributed by atoms with Crippen molar-refractivity contribution in [3.05, 3.63) is 28.0 Å². The number of hydrogen-bond donors (Lipinski definition) is 2. The van der Waals surface area contributed by atoms with E-state index in [-0.39, 0.29) is 6.10 Å². The lowest BCUT2D eigenvalue weighted by molar-refractivity contribution is 0.118. The predicted molar refractivity (Wildman–Crippen MR) is 104 cm³/mol. The molecule has 0 radical (unpaired) electrons. The summed E-state index contributed by atoms with van der Waals surface area (Å²) in [5, 5.41) is 4.96. The number of hydrogen-bond acceptors (Lipinski definition) is 8. The van der Waals surface area contributed by atoms with E-state index in [4.69, 9.17) is 15.5 Å². The maximum absolute atomic E-state index is 5.85. The van der Waals surface area contributed by atoms with Crippen LogP contribution in [0.3, 0.4) is 0 Å². The molecule has 0 saturated carbocycles. The fraction of sp³-hybridized carbons (Fsp3) is 0.611. The summed E-state index contributed by atoms with van der Waals surface area (Å²) in [4.78, 5) is 16.8. The van der Waals surface area contributed by atoms with E-state index in [1.54, 1.807) is 7.11 Å². The third-order valence-corrected chi connectivity index (χ3v) is 6.46. The quantitative estimate of drug-likeness (QED) is 0.828. The molecule has 3 heterocycles. The monoisotopic (exact) mass is 374 g/mol. The molecular formula is C18H26N6OS. The normalized spacial score (nSPS) is 25.5. The third kappa shape index (κ3) is 3.54. The molecule has 3 atom stereocenters. The van der Waals surface area contributed by atoms with Gasteiger partial charge < -0.3 is 20.7 Å². The van der Waals surface area contributed by atoms with Gasteiger partial charge in [-0.3, -0.25) is 0 Å². The number of ether oxygens (including phenoxy) is 1. The van der Waals surface area contributed by atoms with Crippen LogP contribution in [0.2, 0.25) is 0 Å². The molecule has 0 spiro atoms. The lowest BCUT2D eigenvalue weighted by Gasteiger charge is -2.29. The average Bonchev–Trinajstić information content (AvgIpc) is 3.22. The number of nitrogens with two attached hydrogens (primary N) is 1. The van der Waals surface area contributed by atoms with Gasteiger partial charge in [0.25, 0.3) is 0 Å². The van der Waals surface area contributed by atoms with Crippen molar-refractivity contribution in [1.82, 2.24) is 20.3 Å². The van der Waals surface area contributed by atoms with Crippen molar-refractivity contribution in [3.63, 3.8) is 0 Å². The first-order valence-electron chi connectivity index (χ1n) is 9.20. The van der Waals surface area contributed by atoms with Gasteiger partial charge in [-0.05, 0) is 32.6 Å². The number of nitrogens with one attached hydrogen (secondary N) is 1. The van der Waals surface area contributed by atoms with E-state index in [2.05, 4.69) is 27.1 Å². The van der Waals surface area contributed by atoms with Crippen LogP contribution in [0.25, 0.3) is 0 Å². The van der Waals surface area contributed by atoms with E-state index in [9.17, 15) is 0 Å². The Hall–Kier alpha value is -1.77. The maximum Gasteiger partial charge on any atom is 0.134 e. The van der Waals surface area contributed by atoms with Crippen LogP contribution in [0.5, 0.6) is 0 Å². The number of aromatic nitrogens is 3. The van der Waals surface area contributed by atoms with Gasteiger partial charge >= 0.3 is 0 Å². The Labute approximate surface area is 158 Å². The molecule has 0 amide bonds. The number of thiazole rings is 1. The zero-order chi connectivity index (χ0) is 18.1.